The third-order valence-electron chi connectivity index (χ3n) is 6.62. The molecule has 0 unspecified atom stereocenters. The van der Waals surface area contributed by atoms with Gasteiger partial charge >= 0.3 is 0 Å². The van der Waals surface area contributed by atoms with Gasteiger partial charge in [0.15, 0.2) is 0 Å². The Bertz CT molecular complexity index is 469. The maximum absolute atomic E-state index is 10.7. The van der Waals surface area contributed by atoms with E-state index in [2.05, 4.69) is 19.9 Å². The van der Waals surface area contributed by atoms with E-state index in [4.69, 9.17) is 9.47 Å². The molecule has 4 rings (SSSR count). The Balaban J connectivity index is 1.91. The van der Waals surface area contributed by atoms with Crippen molar-refractivity contribution in [1.82, 2.24) is 0 Å². The van der Waals surface area contributed by atoms with Crippen LogP contribution in [0.1, 0.15) is 33.6 Å². The molecule has 2 aliphatic heterocycles. The number of hydrogen-bond acceptors (Lipinski definition) is 4. The summed E-state index contributed by atoms with van der Waals surface area (Å²) >= 11 is 0. The summed E-state index contributed by atoms with van der Waals surface area (Å²) in [7, 11) is 0. The van der Waals surface area contributed by atoms with Gasteiger partial charge in [-0.15, -0.1) is 0 Å². The molecule has 0 radical (unpaired) electrons. The fourth-order valence-electron chi connectivity index (χ4n) is 4.99. The molecule has 3 fully saturated rings. The molecule has 0 aromatic heterocycles. The number of hydrogen-bond donors (Lipinski definition) is 2. The van der Waals surface area contributed by atoms with Crippen LogP contribution in [0.25, 0.3) is 0 Å². The molecule has 19 heavy (non-hydrogen) atoms. The third kappa shape index (κ3) is 1.09. The van der Waals surface area contributed by atoms with Crippen molar-refractivity contribution >= 4 is 0 Å². The molecule has 4 aliphatic rings. The van der Waals surface area contributed by atoms with Crippen molar-refractivity contribution in [2.24, 2.45) is 10.8 Å². The van der Waals surface area contributed by atoms with E-state index in [0.29, 0.717) is 19.4 Å². The number of ether oxygens (including phenoxy) is 2. The molecule has 4 nitrogen and oxygen atoms in total. The summed E-state index contributed by atoms with van der Waals surface area (Å²) in [6.07, 6.45) is 2.25. The van der Waals surface area contributed by atoms with E-state index in [1.807, 2.05) is 6.92 Å². The highest BCUT2D eigenvalue weighted by molar-refractivity contribution is 5.33. The summed E-state index contributed by atoms with van der Waals surface area (Å²) < 4.78 is 12.0. The fraction of sp³-hybridized carbons (Fsp3) is 0.867. The lowest BCUT2D eigenvalue weighted by molar-refractivity contribution is -0.237. The third-order valence-corrected chi connectivity index (χ3v) is 6.62. The average Bonchev–Trinajstić information content (AvgIpc) is 3.09. The molecule has 0 aromatic carbocycles. The molecule has 2 heterocycles. The predicted molar refractivity (Wildman–Crippen MR) is 68.6 cm³/mol. The Morgan fingerprint density at radius 3 is 2.58 bits per heavy atom. The van der Waals surface area contributed by atoms with Crippen LogP contribution >= 0.6 is 0 Å². The molecular weight excluding hydrogens is 244 g/mol. The number of aliphatic hydroxyl groups excluding tert-OH is 2. The van der Waals surface area contributed by atoms with Crippen LogP contribution < -0.4 is 0 Å². The van der Waals surface area contributed by atoms with Gasteiger partial charge in [-0.2, -0.15) is 0 Å². The molecule has 0 aromatic rings. The first-order chi connectivity index (χ1) is 8.86. The first-order valence-corrected chi connectivity index (χ1v) is 7.19. The standard InChI is InChI=1S/C15H22O4/c1-8-4-9(16)13(2)11(5-8)19-12-6-10(17)14(13,3)15(12)7-18-15/h5,9-12,16-17H,4,6-7H2,1-3H3/t9-,10-,11-,12-,13-,14+,15-/m1/s1. The lowest BCUT2D eigenvalue weighted by atomic mass is 9.51. The number of rotatable bonds is 0. The van der Waals surface area contributed by atoms with Crippen LogP contribution in [0.15, 0.2) is 11.6 Å². The molecule has 4 heteroatoms. The Morgan fingerprint density at radius 1 is 1.26 bits per heavy atom. The second-order valence-corrected chi connectivity index (χ2v) is 7.19. The molecule has 2 saturated heterocycles. The first kappa shape index (κ1) is 12.3. The second kappa shape index (κ2) is 3.25. The van der Waals surface area contributed by atoms with Gasteiger partial charge in [0, 0.05) is 17.3 Å². The van der Waals surface area contributed by atoms with Crippen molar-refractivity contribution in [2.75, 3.05) is 6.61 Å². The van der Waals surface area contributed by atoms with Crippen molar-refractivity contribution in [1.29, 1.82) is 0 Å². The van der Waals surface area contributed by atoms with Gasteiger partial charge in [0.25, 0.3) is 0 Å². The van der Waals surface area contributed by atoms with Gasteiger partial charge in [0.2, 0.25) is 0 Å². The van der Waals surface area contributed by atoms with Gasteiger partial charge in [-0.3, -0.25) is 0 Å². The minimum absolute atomic E-state index is 0.0417. The molecule has 2 bridgehead atoms. The van der Waals surface area contributed by atoms with Crippen LogP contribution in [0.2, 0.25) is 0 Å². The highest BCUT2D eigenvalue weighted by atomic mass is 16.6. The van der Waals surface area contributed by atoms with Crippen molar-refractivity contribution < 1.29 is 19.7 Å². The summed E-state index contributed by atoms with van der Waals surface area (Å²) in [4.78, 5) is 0. The lowest BCUT2D eigenvalue weighted by Gasteiger charge is -2.59. The van der Waals surface area contributed by atoms with Crippen LogP contribution in [0.3, 0.4) is 0 Å². The zero-order valence-electron chi connectivity index (χ0n) is 11.7. The molecule has 7 atom stereocenters. The maximum Gasteiger partial charge on any atom is 0.126 e. The Kier molecular flexibility index (Phi) is 2.11. The van der Waals surface area contributed by atoms with Gasteiger partial charge in [-0.1, -0.05) is 25.5 Å². The highest BCUT2D eigenvalue weighted by Gasteiger charge is 2.81. The van der Waals surface area contributed by atoms with E-state index in [1.54, 1.807) is 0 Å². The number of aliphatic hydroxyl groups is 2. The van der Waals surface area contributed by atoms with E-state index >= 15 is 0 Å². The van der Waals surface area contributed by atoms with E-state index in [0.717, 1.165) is 0 Å². The summed E-state index contributed by atoms with van der Waals surface area (Å²) in [5.41, 5.74) is -0.141. The average molecular weight is 266 g/mol. The van der Waals surface area contributed by atoms with E-state index < -0.39 is 23.0 Å². The van der Waals surface area contributed by atoms with Gasteiger partial charge in [0.1, 0.15) is 5.60 Å². The normalized spacial score (nSPS) is 62.9. The van der Waals surface area contributed by atoms with Crippen LogP contribution in [0.4, 0.5) is 0 Å². The van der Waals surface area contributed by atoms with Gasteiger partial charge in [-0.05, 0) is 13.3 Å². The molecule has 106 valence electrons. The maximum atomic E-state index is 10.7. The smallest absolute Gasteiger partial charge is 0.126 e. The van der Waals surface area contributed by atoms with Crippen molar-refractivity contribution in [3.63, 3.8) is 0 Å². The Hall–Kier alpha value is -0.420. The van der Waals surface area contributed by atoms with Crippen LogP contribution in [-0.2, 0) is 9.47 Å². The largest absolute Gasteiger partial charge is 0.392 e. The van der Waals surface area contributed by atoms with Gasteiger partial charge in [-0.25, -0.2) is 0 Å². The highest BCUT2D eigenvalue weighted by Crippen LogP contribution is 2.71. The molecular formula is C15H22O4. The minimum atomic E-state index is -0.498. The molecule has 0 amide bonds. The Morgan fingerprint density at radius 2 is 1.95 bits per heavy atom. The summed E-state index contributed by atoms with van der Waals surface area (Å²) in [5.74, 6) is 0. The quantitative estimate of drug-likeness (QED) is 0.507. The van der Waals surface area contributed by atoms with E-state index in [9.17, 15) is 10.2 Å². The monoisotopic (exact) mass is 266 g/mol. The van der Waals surface area contributed by atoms with Crippen LogP contribution in [-0.4, -0.2) is 46.8 Å². The van der Waals surface area contributed by atoms with Crippen molar-refractivity contribution in [3.05, 3.63) is 11.6 Å². The number of fused-ring (bicyclic) bond motifs is 2. The minimum Gasteiger partial charge on any atom is -0.392 e. The SMILES string of the molecule is CC1=C[C@H]2O[C@@H]3C[C@@H](O)[C@@](C)([C@]2(C)[C@H](O)C1)[C@@]31CO1. The topological polar surface area (TPSA) is 62.2 Å². The summed E-state index contributed by atoms with van der Waals surface area (Å²) in [6, 6.07) is 0. The van der Waals surface area contributed by atoms with Gasteiger partial charge in [0.05, 0.1) is 31.0 Å². The predicted octanol–water partition coefficient (Wildman–Crippen LogP) is 1.01. The number of epoxide rings is 1. The van der Waals surface area contributed by atoms with Crippen LogP contribution in [0.5, 0.6) is 0 Å². The summed E-state index contributed by atoms with van der Waals surface area (Å²) in [6.45, 7) is 6.81. The fourth-order valence-corrected chi connectivity index (χ4v) is 4.99. The molecule has 2 N–H and O–H groups in total. The van der Waals surface area contributed by atoms with E-state index in [-0.39, 0.29) is 17.8 Å². The molecule has 1 spiro atoms. The molecule has 1 saturated carbocycles. The van der Waals surface area contributed by atoms with Crippen LogP contribution in [0, 0.1) is 10.8 Å². The zero-order chi connectivity index (χ0) is 13.6. The van der Waals surface area contributed by atoms with Crippen molar-refractivity contribution in [2.45, 2.75) is 63.6 Å². The lowest BCUT2D eigenvalue weighted by Crippen LogP contribution is -2.67. The first-order valence-electron chi connectivity index (χ1n) is 7.19. The summed E-state index contributed by atoms with van der Waals surface area (Å²) in [5, 5.41) is 21.3. The van der Waals surface area contributed by atoms with E-state index in [1.165, 1.54) is 5.57 Å². The Labute approximate surface area is 113 Å². The van der Waals surface area contributed by atoms with Gasteiger partial charge < -0.3 is 19.7 Å². The second-order valence-electron chi connectivity index (χ2n) is 7.19. The molecule has 2 aliphatic carbocycles. The van der Waals surface area contributed by atoms with Crippen molar-refractivity contribution in [3.8, 4) is 0 Å². The zero-order valence-corrected chi connectivity index (χ0v) is 11.7.